The third-order valence-electron chi connectivity index (χ3n) is 6.12. The fraction of sp³-hybridized carbons (Fsp3) is 0.375. The number of aromatic nitrogens is 2. The predicted molar refractivity (Wildman–Crippen MR) is 133 cm³/mol. The monoisotopic (exact) mass is 468 g/mol. The summed E-state index contributed by atoms with van der Waals surface area (Å²) in [6.07, 6.45) is 6.08. The van der Waals surface area contributed by atoms with Crippen LogP contribution in [-0.2, 0) is 17.8 Å². The number of carbonyl (C=O) groups is 1. The van der Waals surface area contributed by atoms with Gasteiger partial charge >= 0.3 is 6.01 Å². The Bertz CT molecular complexity index is 1090. The molecule has 2 aliphatic rings. The number of nitrogens with zero attached hydrogens (tertiary/aromatic N) is 5. The Balaban J connectivity index is 1.66. The highest BCUT2D eigenvalue weighted by Gasteiger charge is 2.29. The molecular formula is C24H29ClN6O2. The minimum Gasteiger partial charge on any atom is -0.467 e. The molecule has 0 atom stereocenters. The van der Waals surface area contributed by atoms with E-state index in [1.54, 1.807) is 12.0 Å². The van der Waals surface area contributed by atoms with Crippen molar-refractivity contribution in [3.63, 3.8) is 0 Å². The first-order valence-corrected chi connectivity index (χ1v) is 11.4. The van der Waals surface area contributed by atoms with Gasteiger partial charge in [0.25, 0.3) is 0 Å². The van der Waals surface area contributed by atoms with Crippen LogP contribution >= 0.6 is 11.6 Å². The number of ether oxygens (including phenoxy) is 1. The summed E-state index contributed by atoms with van der Waals surface area (Å²) < 4.78 is 5.43. The zero-order valence-electron chi connectivity index (χ0n) is 19.1. The van der Waals surface area contributed by atoms with Gasteiger partial charge in [-0.1, -0.05) is 30.3 Å². The minimum atomic E-state index is -0.0384. The highest BCUT2D eigenvalue weighted by Crippen LogP contribution is 2.38. The zero-order chi connectivity index (χ0) is 23.5. The van der Waals surface area contributed by atoms with E-state index in [0.29, 0.717) is 49.4 Å². The lowest BCUT2D eigenvalue weighted by Gasteiger charge is -2.38. The summed E-state index contributed by atoms with van der Waals surface area (Å²) in [5.41, 5.74) is 10.8. The van der Waals surface area contributed by atoms with Gasteiger partial charge in [-0.05, 0) is 31.6 Å². The Morgan fingerprint density at radius 1 is 1.18 bits per heavy atom. The molecule has 4 rings (SSSR count). The van der Waals surface area contributed by atoms with Gasteiger partial charge < -0.3 is 25.2 Å². The Kier molecular flexibility index (Phi) is 6.74. The molecule has 33 heavy (non-hydrogen) atoms. The van der Waals surface area contributed by atoms with Crippen LogP contribution in [0.4, 0.5) is 17.2 Å². The van der Waals surface area contributed by atoms with Crippen LogP contribution in [0.5, 0.6) is 6.01 Å². The number of nitrogens with two attached hydrogens (primary N) is 1. The molecule has 2 N–H and O–H groups in total. The van der Waals surface area contributed by atoms with Crippen molar-refractivity contribution in [1.82, 2.24) is 14.9 Å². The lowest BCUT2D eigenvalue weighted by Crippen LogP contribution is -2.49. The molecule has 2 aromatic rings. The Labute approximate surface area is 199 Å². The molecule has 1 aromatic carbocycles. The number of rotatable bonds is 5. The first kappa shape index (κ1) is 22.9. The number of carbonyl (C=O) groups excluding carboxylic acids is 1. The molecule has 0 aliphatic carbocycles. The van der Waals surface area contributed by atoms with E-state index < -0.39 is 0 Å². The van der Waals surface area contributed by atoms with Crippen molar-refractivity contribution >= 4 is 40.8 Å². The average molecular weight is 469 g/mol. The standard InChI is InChI=1S/C24H29ClN6O2/c1-4-6-16-19(26)8-7-18(25)22(16)31-10-9-17-20(15-31)27-24(33-3)28-23(17)30-13-11-29(12-14-30)21(32)5-2/h4-8H,2,9-15,26H2,1,3H3/b6-4+. The third kappa shape index (κ3) is 4.48. The first-order valence-electron chi connectivity index (χ1n) is 11.0. The number of nitrogen functional groups attached to an aromatic ring is 1. The number of hydrogen-bond acceptors (Lipinski definition) is 7. The number of allylic oxidation sites excluding steroid dienone is 1. The number of anilines is 3. The number of amides is 1. The van der Waals surface area contributed by atoms with Gasteiger partial charge in [-0.25, -0.2) is 0 Å². The summed E-state index contributed by atoms with van der Waals surface area (Å²) >= 11 is 6.62. The molecule has 1 amide bonds. The lowest BCUT2D eigenvalue weighted by atomic mass is 10.0. The van der Waals surface area contributed by atoms with Crippen LogP contribution in [0.1, 0.15) is 23.7 Å². The SMILES string of the molecule is C=CC(=O)N1CCN(c2nc(OC)nc3c2CCN(c2c(Cl)ccc(N)c2/C=C/C)C3)CC1. The van der Waals surface area contributed by atoms with Crippen LogP contribution in [0.25, 0.3) is 6.08 Å². The molecule has 3 heterocycles. The van der Waals surface area contributed by atoms with Gasteiger partial charge in [-0.3, -0.25) is 4.79 Å². The molecule has 1 fully saturated rings. The maximum Gasteiger partial charge on any atom is 0.318 e. The molecular weight excluding hydrogens is 440 g/mol. The van der Waals surface area contributed by atoms with Crippen molar-refractivity contribution in [1.29, 1.82) is 0 Å². The number of methoxy groups -OCH3 is 1. The molecule has 9 heteroatoms. The molecule has 0 saturated carbocycles. The van der Waals surface area contributed by atoms with Crippen LogP contribution in [-0.4, -0.2) is 60.6 Å². The Hall–Kier alpha value is -3.26. The fourth-order valence-corrected chi connectivity index (χ4v) is 4.74. The van der Waals surface area contributed by atoms with Crippen LogP contribution in [0.15, 0.2) is 30.9 Å². The third-order valence-corrected chi connectivity index (χ3v) is 6.43. The minimum absolute atomic E-state index is 0.0384. The van der Waals surface area contributed by atoms with Gasteiger partial charge in [-0.2, -0.15) is 9.97 Å². The number of halogens is 1. The van der Waals surface area contributed by atoms with Crippen molar-refractivity contribution in [2.24, 2.45) is 0 Å². The first-order chi connectivity index (χ1) is 16.0. The van der Waals surface area contributed by atoms with Crippen molar-refractivity contribution < 1.29 is 9.53 Å². The second-order valence-corrected chi connectivity index (χ2v) is 8.45. The van der Waals surface area contributed by atoms with Crippen LogP contribution in [0.3, 0.4) is 0 Å². The van der Waals surface area contributed by atoms with E-state index in [9.17, 15) is 4.79 Å². The normalized spacial score (nSPS) is 16.2. The van der Waals surface area contributed by atoms with E-state index in [0.717, 1.165) is 41.3 Å². The van der Waals surface area contributed by atoms with Gasteiger partial charge in [0, 0.05) is 49.5 Å². The summed E-state index contributed by atoms with van der Waals surface area (Å²) in [6, 6.07) is 4.01. The molecule has 0 bridgehead atoms. The van der Waals surface area contributed by atoms with Gasteiger partial charge in [0.2, 0.25) is 5.91 Å². The van der Waals surface area contributed by atoms with E-state index >= 15 is 0 Å². The fourth-order valence-electron chi connectivity index (χ4n) is 4.46. The van der Waals surface area contributed by atoms with E-state index in [1.165, 1.54) is 6.08 Å². The van der Waals surface area contributed by atoms with Crippen LogP contribution in [0, 0.1) is 0 Å². The summed E-state index contributed by atoms with van der Waals surface area (Å²) in [4.78, 5) is 27.6. The average Bonchev–Trinajstić information content (AvgIpc) is 2.85. The van der Waals surface area contributed by atoms with Crippen LogP contribution < -0.4 is 20.3 Å². The van der Waals surface area contributed by atoms with Crippen molar-refractivity contribution in [2.75, 3.05) is 55.4 Å². The van der Waals surface area contributed by atoms with Crippen molar-refractivity contribution in [2.45, 2.75) is 19.9 Å². The predicted octanol–water partition coefficient (Wildman–Crippen LogP) is 3.15. The maximum atomic E-state index is 12.0. The van der Waals surface area contributed by atoms with Crippen LogP contribution in [0.2, 0.25) is 5.02 Å². The smallest absolute Gasteiger partial charge is 0.318 e. The lowest BCUT2D eigenvalue weighted by molar-refractivity contribution is -0.126. The zero-order valence-corrected chi connectivity index (χ0v) is 19.8. The molecule has 1 saturated heterocycles. The van der Waals surface area contributed by atoms with E-state index in [2.05, 4.69) is 26.3 Å². The second kappa shape index (κ2) is 9.70. The van der Waals surface area contributed by atoms with Gasteiger partial charge in [0.05, 0.1) is 30.1 Å². The molecule has 1 aromatic heterocycles. The highest BCUT2D eigenvalue weighted by atomic mass is 35.5. The molecule has 2 aliphatic heterocycles. The van der Waals surface area contributed by atoms with Gasteiger partial charge in [0.1, 0.15) is 5.82 Å². The maximum absolute atomic E-state index is 12.0. The van der Waals surface area contributed by atoms with E-state index in [1.807, 2.05) is 31.2 Å². The topological polar surface area (TPSA) is 87.8 Å². The van der Waals surface area contributed by atoms with E-state index in [-0.39, 0.29) is 5.91 Å². The van der Waals surface area contributed by atoms with E-state index in [4.69, 9.17) is 22.1 Å². The quantitative estimate of drug-likeness (QED) is 0.532. The number of fused-ring (bicyclic) bond motifs is 1. The van der Waals surface area contributed by atoms with Crippen molar-refractivity contribution in [3.8, 4) is 6.01 Å². The number of benzene rings is 1. The van der Waals surface area contributed by atoms with Gasteiger partial charge in [0.15, 0.2) is 0 Å². The molecule has 0 unspecified atom stereocenters. The molecule has 8 nitrogen and oxygen atoms in total. The van der Waals surface area contributed by atoms with Crippen molar-refractivity contribution in [3.05, 3.63) is 52.7 Å². The molecule has 174 valence electrons. The number of piperazine rings is 1. The molecule has 0 spiro atoms. The Morgan fingerprint density at radius 3 is 2.61 bits per heavy atom. The molecule has 0 radical (unpaired) electrons. The summed E-state index contributed by atoms with van der Waals surface area (Å²) in [5, 5.41) is 0.657. The summed E-state index contributed by atoms with van der Waals surface area (Å²) in [5.74, 6) is 0.845. The Morgan fingerprint density at radius 2 is 1.94 bits per heavy atom. The summed E-state index contributed by atoms with van der Waals surface area (Å²) in [6.45, 7) is 9.53. The number of hydrogen-bond donors (Lipinski definition) is 1. The second-order valence-electron chi connectivity index (χ2n) is 8.05. The highest BCUT2D eigenvalue weighted by molar-refractivity contribution is 6.33. The largest absolute Gasteiger partial charge is 0.467 e. The summed E-state index contributed by atoms with van der Waals surface area (Å²) in [7, 11) is 1.58. The van der Waals surface area contributed by atoms with Gasteiger partial charge in [-0.15, -0.1) is 0 Å².